The smallest absolute Gasteiger partial charge is 0.309 e. The largest absolute Gasteiger partial charge is 0.491 e. The number of hydrogen-bond donors (Lipinski definition) is 3. The molecule has 4 N–H and O–H groups in total. The van der Waals surface area contributed by atoms with Gasteiger partial charge >= 0.3 is 5.97 Å². The maximum atomic E-state index is 11.8. The summed E-state index contributed by atoms with van der Waals surface area (Å²) in [6.07, 6.45) is 0.652. The van der Waals surface area contributed by atoms with Crippen LogP contribution in [0.25, 0.3) is 11.1 Å². The van der Waals surface area contributed by atoms with Crippen LogP contribution >= 0.6 is 12.4 Å². The number of amidine groups is 1. The summed E-state index contributed by atoms with van der Waals surface area (Å²) in [5, 5.41) is 10.3. The fourth-order valence-corrected chi connectivity index (χ4v) is 3.23. The van der Waals surface area contributed by atoms with E-state index in [0.29, 0.717) is 17.7 Å². The SMILES string of the molecule is COC(=O)[C@H]1CC(=O)N[C@H](COc2ccc(-c3ccc(C(=N)N)cc3)cc2)C1.Cl. The van der Waals surface area contributed by atoms with Gasteiger partial charge in [-0.1, -0.05) is 36.4 Å². The molecular weight excluding hydrogens is 394 g/mol. The number of nitrogens with two attached hydrogens (primary N) is 1. The van der Waals surface area contributed by atoms with Crippen molar-refractivity contribution in [2.75, 3.05) is 13.7 Å². The third kappa shape index (κ3) is 5.71. The Labute approximate surface area is 175 Å². The first-order chi connectivity index (χ1) is 13.5. The van der Waals surface area contributed by atoms with Gasteiger partial charge in [-0.25, -0.2) is 0 Å². The molecule has 0 unspecified atom stereocenters. The predicted octanol–water partition coefficient (Wildman–Crippen LogP) is 2.51. The fourth-order valence-electron chi connectivity index (χ4n) is 3.23. The van der Waals surface area contributed by atoms with Crippen LogP contribution in [0.5, 0.6) is 5.75 Å². The van der Waals surface area contributed by atoms with Crippen LogP contribution < -0.4 is 15.8 Å². The molecule has 2 atom stereocenters. The standard InChI is InChI=1S/C21H23N3O4.ClH/c1-27-21(26)16-10-17(24-19(25)11-16)12-28-18-8-6-14(7-9-18)13-2-4-15(5-3-13)20(22)23;/h2-9,16-17H,10-12H2,1H3,(H3,22,23)(H,24,25);1H/t16-,17+;/m1./s1. The minimum absolute atomic E-state index is 0. The summed E-state index contributed by atoms with van der Waals surface area (Å²) in [4.78, 5) is 23.5. The molecule has 0 spiro atoms. The van der Waals surface area contributed by atoms with E-state index in [2.05, 4.69) is 5.32 Å². The summed E-state index contributed by atoms with van der Waals surface area (Å²) < 4.78 is 10.5. The number of piperidine rings is 1. The van der Waals surface area contributed by atoms with Gasteiger partial charge in [-0.3, -0.25) is 15.0 Å². The van der Waals surface area contributed by atoms with Gasteiger partial charge in [-0.15, -0.1) is 12.4 Å². The number of carbonyl (C=O) groups is 2. The molecule has 2 aromatic carbocycles. The molecular formula is C21H24ClN3O4. The van der Waals surface area contributed by atoms with E-state index in [1.807, 2.05) is 48.5 Å². The number of esters is 1. The highest BCUT2D eigenvalue weighted by Crippen LogP contribution is 2.24. The molecule has 7 nitrogen and oxygen atoms in total. The third-order valence-electron chi connectivity index (χ3n) is 4.74. The zero-order valence-corrected chi connectivity index (χ0v) is 16.8. The van der Waals surface area contributed by atoms with E-state index >= 15 is 0 Å². The molecule has 0 radical (unpaired) electrons. The molecule has 1 aliphatic rings. The first-order valence-corrected chi connectivity index (χ1v) is 9.01. The number of ether oxygens (including phenoxy) is 2. The van der Waals surface area contributed by atoms with Gasteiger partial charge in [0.1, 0.15) is 18.2 Å². The lowest BCUT2D eigenvalue weighted by Crippen LogP contribution is -2.47. The van der Waals surface area contributed by atoms with Gasteiger partial charge in [0.15, 0.2) is 0 Å². The number of nitrogens with one attached hydrogen (secondary N) is 2. The lowest BCUT2D eigenvalue weighted by molar-refractivity contribution is -0.149. The van der Waals surface area contributed by atoms with Crippen LogP contribution in [0.1, 0.15) is 18.4 Å². The second-order valence-electron chi connectivity index (χ2n) is 6.75. The van der Waals surface area contributed by atoms with Crippen molar-refractivity contribution in [3.8, 4) is 16.9 Å². The van der Waals surface area contributed by atoms with Gasteiger partial charge in [-0.2, -0.15) is 0 Å². The molecule has 154 valence electrons. The summed E-state index contributed by atoms with van der Waals surface area (Å²) in [7, 11) is 1.33. The Morgan fingerprint density at radius 3 is 2.28 bits per heavy atom. The normalized spacial score (nSPS) is 18.2. The number of hydrogen-bond acceptors (Lipinski definition) is 5. The molecule has 0 aromatic heterocycles. The van der Waals surface area contributed by atoms with Crippen LogP contribution in [0.15, 0.2) is 48.5 Å². The molecule has 3 rings (SSSR count). The molecule has 0 saturated carbocycles. The van der Waals surface area contributed by atoms with Gasteiger partial charge < -0.3 is 20.5 Å². The van der Waals surface area contributed by atoms with Gasteiger partial charge in [0, 0.05) is 12.0 Å². The van der Waals surface area contributed by atoms with Crippen molar-refractivity contribution < 1.29 is 19.1 Å². The Morgan fingerprint density at radius 2 is 1.72 bits per heavy atom. The highest BCUT2D eigenvalue weighted by molar-refractivity contribution is 5.95. The van der Waals surface area contributed by atoms with E-state index in [1.54, 1.807) is 0 Å². The molecule has 1 saturated heterocycles. The third-order valence-corrected chi connectivity index (χ3v) is 4.74. The molecule has 1 heterocycles. The van der Waals surface area contributed by atoms with Crippen LogP contribution in [0.3, 0.4) is 0 Å². The van der Waals surface area contributed by atoms with Crippen molar-refractivity contribution in [2.24, 2.45) is 11.7 Å². The number of carbonyl (C=O) groups excluding carboxylic acids is 2. The molecule has 8 heteroatoms. The number of halogens is 1. The summed E-state index contributed by atoms with van der Waals surface area (Å²) in [5.41, 5.74) is 8.18. The summed E-state index contributed by atoms with van der Waals surface area (Å²) in [6, 6.07) is 14.8. The van der Waals surface area contributed by atoms with Gasteiger partial charge in [0.25, 0.3) is 0 Å². The molecule has 1 amide bonds. The lowest BCUT2D eigenvalue weighted by Gasteiger charge is -2.28. The monoisotopic (exact) mass is 417 g/mol. The van der Waals surface area contributed by atoms with Crippen molar-refractivity contribution >= 4 is 30.1 Å². The molecule has 2 aromatic rings. The Kier molecular flexibility index (Phi) is 7.61. The average Bonchev–Trinajstić information content (AvgIpc) is 2.71. The summed E-state index contributed by atoms with van der Waals surface area (Å²) in [6.45, 7) is 0.284. The number of benzene rings is 2. The first-order valence-electron chi connectivity index (χ1n) is 9.01. The number of amides is 1. The maximum absolute atomic E-state index is 11.8. The zero-order valence-electron chi connectivity index (χ0n) is 16.0. The van der Waals surface area contributed by atoms with E-state index in [0.717, 1.165) is 11.1 Å². The topological polar surface area (TPSA) is 115 Å². The second kappa shape index (κ2) is 9.93. The van der Waals surface area contributed by atoms with Crippen molar-refractivity contribution in [3.63, 3.8) is 0 Å². The van der Waals surface area contributed by atoms with Crippen LogP contribution in [0.4, 0.5) is 0 Å². The van der Waals surface area contributed by atoms with Crippen molar-refractivity contribution in [1.29, 1.82) is 5.41 Å². The van der Waals surface area contributed by atoms with Crippen LogP contribution in [0.2, 0.25) is 0 Å². The van der Waals surface area contributed by atoms with Gasteiger partial charge in [-0.05, 0) is 29.7 Å². The van der Waals surface area contributed by atoms with Crippen molar-refractivity contribution in [2.45, 2.75) is 18.9 Å². The summed E-state index contributed by atoms with van der Waals surface area (Å²) >= 11 is 0. The van der Waals surface area contributed by atoms with E-state index in [9.17, 15) is 9.59 Å². The second-order valence-corrected chi connectivity index (χ2v) is 6.75. The number of nitrogen functional groups attached to an aromatic ring is 1. The minimum Gasteiger partial charge on any atom is -0.491 e. The molecule has 0 aliphatic carbocycles. The Balaban J connectivity index is 0.00000300. The van der Waals surface area contributed by atoms with Crippen LogP contribution in [0, 0.1) is 11.3 Å². The van der Waals surface area contributed by atoms with Gasteiger partial charge in [0.05, 0.1) is 19.1 Å². The predicted molar refractivity (Wildman–Crippen MR) is 112 cm³/mol. The lowest BCUT2D eigenvalue weighted by atomic mass is 9.92. The van der Waals surface area contributed by atoms with Crippen LogP contribution in [-0.4, -0.2) is 37.5 Å². The molecule has 1 fully saturated rings. The van der Waals surface area contributed by atoms with Crippen LogP contribution in [-0.2, 0) is 14.3 Å². The average molecular weight is 418 g/mol. The quantitative estimate of drug-likeness (QED) is 0.379. The van der Waals surface area contributed by atoms with Crippen molar-refractivity contribution in [3.05, 3.63) is 54.1 Å². The summed E-state index contributed by atoms with van der Waals surface area (Å²) in [5.74, 6) is -0.231. The van der Waals surface area contributed by atoms with Gasteiger partial charge in [0.2, 0.25) is 5.91 Å². The van der Waals surface area contributed by atoms with E-state index < -0.39 is 5.92 Å². The highest BCUT2D eigenvalue weighted by atomic mass is 35.5. The highest BCUT2D eigenvalue weighted by Gasteiger charge is 2.32. The number of rotatable bonds is 6. The zero-order chi connectivity index (χ0) is 20.1. The Bertz CT molecular complexity index is 868. The Hall–Kier alpha value is -3.06. The van der Waals surface area contributed by atoms with E-state index in [1.165, 1.54) is 7.11 Å². The fraction of sp³-hybridized carbons (Fsp3) is 0.286. The molecule has 29 heavy (non-hydrogen) atoms. The maximum Gasteiger partial charge on any atom is 0.309 e. The number of methoxy groups -OCH3 is 1. The van der Waals surface area contributed by atoms with E-state index in [4.69, 9.17) is 20.6 Å². The van der Waals surface area contributed by atoms with Crippen molar-refractivity contribution in [1.82, 2.24) is 5.32 Å². The van der Waals surface area contributed by atoms with E-state index in [-0.39, 0.29) is 49.2 Å². The molecule has 0 bridgehead atoms. The first kappa shape index (κ1) is 22.2. The molecule has 1 aliphatic heterocycles. The minimum atomic E-state index is -0.423. The Morgan fingerprint density at radius 1 is 1.14 bits per heavy atom.